The summed E-state index contributed by atoms with van der Waals surface area (Å²) in [6.07, 6.45) is 0. The van der Waals surface area contributed by atoms with E-state index in [2.05, 4.69) is 38.2 Å². The Kier molecular flexibility index (Phi) is 5.15. The van der Waals surface area contributed by atoms with Gasteiger partial charge in [-0.15, -0.1) is 0 Å². The van der Waals surface area contributed by atoms with Crippen LogP contribution in [-0.4, -0.2) is 29.9 Å². The van der Waals surface area contributed by atoms with Crippen molar-refractivity contribution in [2.75, 3.05) is 23.9 Å². The number of amides is 1. The number of hydrogen-bond acceptors (Lipinski definition) is 7. The highest BCUT2D eigenvalue weighted by Crippen LogP contribution is 2.49. The van der Waals surface area contributed by atoms with E-state index in [0.717, 1.165) is 29.1 Å². The van der Waals surface area contributed by atoms with Gasteiger partial charge in [0.15, 0.2) is 0 Å². The number of fused-ring (bicyclic) bond motifs is 2. The van der Waals surface area contributed by atoms with Crippen molar-refractivity contribution in [2.24, 2.45) is 0 Å². The molecule has 164 valence electrons. The fourth-order valence-corrected chi connectivity index (χ4v) is 4.44. The van der Waals surface area contributed by atoms with E-state index in [1.807, 2.05) is 42.5 Å². The number of likely N-dealkylation sites (N-methyl/N-ethyl adjacent to an activating group) is 1. The number of nitrogens with one attached hydrogen (secondary N) is 1. The maximum atomic E-state index is 12.7. The molecule has 0 spiro atoms. The molecule has 1 aliphatic rings. The summed E-state index contributed by atoms with van der Waals surface area (Å²) >= 11 is 0. The van der Waals surface area contributed by atoms with Gasteiger partial charge in [-0.2, -0.15) is 5.26 Å². The van der Waals surface area contributed by atoms with E-state index < -0.39 is 0 Å². The maximum Gasteiger partial charge on any atom is 0.255 e. The molecule has 1 N–H and O–H groups in total. The van der Waals surface area contributed by atoms with Crippen LogP contribution in [0.3, 0.4) is 0 Å². The van der Waals surface area contributed by atoms with E-state index >= 15 is 0 Å². The molecule has 0 radical (unpaired) electrons. The predicted octanol–water partition coefficient (Wildman–Crippen LogP) is 4.67. The van der Waals surface area contributed by atoms with E-state index in [0.29, 0.717) is 22.3 Å². The van der Waals surface area contributed by atoms with Crippen molar-refractivity contribution < 1.29 is 14.2 Å². The SMILES string of the molecule is CCN1c2ccc(OC)cc2C(C#N)C1c1ccc(NC(=O)c2ccc3nonc3c2)cc1. The molecule has 8 nitrogen and oxygen atoms in total. The molecule has 2 heterocycles. The Labute approximate surface area is 190 Å². The summed E-state index contributed by atoms with van der Waals surface area (Å²) in [4.78, 5) is 14.9. The zero-order valence-electron chi connectivity index (χ0n) is 18.1. The van der Waals surface area contributed by atoms with Crippen LogP contribution in [0, 0.1) is 11.3 Å². The average Bonchev–Trinajstić information content (AvgIpc) is 3.45. The molecule has 3 aromatic carbocycles. The third kappa shape index (κ3) is 3.53. The van der Waals surface area contributed by atoms with Crippen LogP contribution in [0.25, 0.3) is 11.0 Å². The number of hydrogen-bond donors (Lipinski definition) is 1. The number of anilines is 2. The Morgan fingerprint density at radius 2 is 1.91 bits per heavy atom. The molecule has 8 heteroatoms. The van der Waals surface area contributed by atoms with E-state index in [1.165, 1.54) is 0 Å². The van der Waals surface area contributed by atoms with Gasteiger partial charge in [-0.05, 0) is 76.9 Å². The zero-order chi connectivity index (χ0) is 22.9. The quantitative estimate of drug-likeness (QED) is 0.482. The number of methoxy groups -OCH3 is 1. The lowest BCUT2D eigenvalue weighted by atomic mass is 9.91. The normalized spacial score (nSPS) is 16.9. The first-order chi connectivity index (χ1) is 16.1. The maximum absolute atomic E-state index is 12.7. The van der Waals surface area contributed by atoms with Gasteiger partial charge in [0, 0.05) is 23.5 Å². The topological polar surface area (TPSA) is 104 Å². The number of nitrogens with zero attached hydrogens (tertiary/aromatic N) is 4. The van der Waals surface area contributed by atoms with Crippen LogP contribution in [0.4, 0.5) is 11.4 Å². The van der Waals surface area contributed by atoms with Gasteiger partial charge < -0.3 is 15.0 Å². The second-order valence-corrected chi connectivity index (χ2v) is 7.81. The molecule has 0 fully saturated rings. The highest BCUT2D eigenvalue weighted by atomic mass is 16.6. The molecule has 0 aliphatic carbocycles. The second-order valence-electron chi connectivity index (χ2n) is 7.81. The molecule has 1 aliphatic heterocycles. The number of carbonyl (C=O) groups is 1. The molecular formula is C25H21N5O3. The number of nitriles is 1. The fraction of sp³-hybridized carbons (Fsp3) is 0.200. The molecule has 5 rings (SSSR count). The molecule has 0 saturated heterocycles. The summed E-state index contributed by atoms with van der Waals surface area (Å²) in [5.41, 5.74) is 5.27. The van der Waals surface area contributed by atoms with Gasteiger partial charge in [-0.25, -0.2) is 4.63 Å². The molecule has 1 amide bonds. The van der Waals surface area contributed by atoms with Gasteiger partial charge in [0.2, 0.25) is 0 Å². The summed E-state index contributed by atoms with van der Waals surface area (Å²) in [6.45, 7) is 2.84. The average molecular weight is 439 g/mol. The summed E-state index contributed by atoms with van der Waals surface area (Å²) in [6, 6.07) is 20.9. The van der Waals surface area contributed by atoms with Gasteiger partial charge in [-0.3, -0.25) is 4.79 Å². The Morgan fingerprint density at radius 3 is 2.64 bits per heavy atom. The summed E-state index contributed by atoms with van der Waals surface area (Å²) in [5, 5.41) is 20.4. The van der Waals surface area contributed by atoms with Crippen LogP contribution in [0.1, 0.15) is 40.4 Å². The Hall–Kier alpha value is -4.38. The lowest BCUT2D eigenvalue weighted by Gasteiger charge is -2.28. The third-order valence-electron chi connectivity index (χ3n) is 6.04. The van der Waals surface area contributed by atoms with Gasteiger partial charge in [0.25, 0.3) is 5.91 Å². The highest BCUT2D eigenvalue weighted by molar-refractivity contribution is 6.05. The van der Waals surface area contributed by atoms with Crippen molar-refractivity contribution in [1.29, 1.82) is 5.26 Å². The molecule has 4 aromatic rings. The van der Waals surface area contributed by atoms with Crippen molar-refractivity contribution in [3.05, 3.63) is 77.4 Å². The smallest absolute Gasteiger partial charge is 0.255 e. The molecular weight excluding hydrogens is 418 g/mol. The minimum Gasteiger partial charge on any atom is -0.497 e. The highest BCUT2D eigenvalue weighted by Gasteiger charge is 2.39. The minimum atomic E-state index is -0.321. The number of carbonyl (C=O) groups excluding carboxylic acids is 1. The molecule has 0 saturated carbocycles. The Morgan fingerprint density at radius 1 is 1.12 bits per heavy atom. The van der Waals surface area contributed by atoms with Crippen LogP contribution in [0.2, 0.25) is 0 Å². The fourth-order valence-electron chi connectivity index (χ4n) is 4.44. The third-order valence-corrected chi connectivity index (χ3v) is 6.04. The van der Waals surface area contributed by atoms with Crippen LogP contribution in [0.15, 0.2) is 65.3 Å². The summed E-state index contributed by atoms with van der Waals surface area (Å²) in [5.74, 6) is 0.166. The summed E-state index contributed by atoms with van der Waals surface area (Å²) in [7, 11) is 1.63. The first-order valence-electron chi connectivity index (χ1n) is 10.6. The number of rotatable bonds is 5. The second kappa shape index (κ2) is 8.28. The van der Waals surface area contributed by atoms with Crippen LogP contribution in [0.5, 0.6) is 5.75 Å². The van der Waals surface area contributed by atoms with Crippen molar-refractivity contribution in [3.63, 3.8) is 0 Å². The van der Waals surface area contributed by atoms with Gasteiger partial charge >= 0.3 is 0 Å². The van der Waals surface area contributed by atoms with Crippen molar-refractivity contribution in [3.8, 4) is 11.8 Å². The first kappa shape index (κ1) is 20.5. The zero-order valence-corrected chi connectivity index (χ0v) is 18.1. The molecule has 2 atom stereocenters. The number of aromatic nitrogens is 2. The molecule has 1 aromatic heterocycles. The van der Waals surface area contributed by atoms with Crippen LogP contribution >= 0.6 is 0 Å². The van der Waals surface area contributed by atoms with E-state index in [1.54, 1.807) is 25.3 Å². The van der Waals surface area contributed by atoms with Gasteiger partial charge in [0.1, 0.15) is 16.8 Å². The molecule has 2 unspecified atom stereocenters. The largest absolute Gasteiger partial charge is 0.497 e. The van der Waals surface area contributed by atoms with E-state index in [9.17, 15) is 10.1 Å². The number of ether oxygens (including phenoxy) is 1. The lowest BCUT2D eigenvalue weighted by Crippen LogP contribution is -2.26. The lowest BCUT2D eigenvalue weighted by molar-refractivity contribution is 0.102. The number of benzene rings is 3. The van der Waals surface area contributed by atoms with E-state index in [4.69, 9.17) is 4.74 Å². The standard InChI is InChI=1S/C25H21N5O3/c1-3-30-23-11-9-18(32-2)13-19(23)20(14-26)24(30)15-4-7-17(8-5-15)27-25(31)16-6-10-21-22(12-16)29-33-28-21/h4-13,20,24H,3H2,1-2H3,(H,27,31). The first-order valence-corrected chi connectivity index (χ1v) is 10.6. The minimum absolute atomic E-state index is 0.117. The monoisotopic (exact) mass is 439 g/mol. The Bertz CT molecular complexity index is 1370. The van der Waals surface area contributed by atoms with Crippen LogP contribution < -0.4 is 15.0 Å². The van der Waals surface area contributed by atoms with Gasteiger partial charge in [0.05, 0.1) is 25.1 Å². The van der Waals surface area contributed by atoms with E-state index in [-0.39, 0.29) is 17.9 Å². The molecule has 0 bridgehead atoms. The van der Waals surface area contributed by atoms with Crippen molar-refractivity contribution >= 4 is 28.3 Å². The van der Waals surface area contributed by atoms with Crippen molar-refractivity contribution in [1.82, 2.24) is 10.3 Å². The summed E-state index contributed by atoms with van der Waals surface area (Å²) < 4.78 is 10.1. The van der Waals surface area contributed by atoms with Gasteiger partial charge in [-0.1, -0.05) is 12.1 Å². The van der Waals surface area contributed by atoms with Crippen LogP contribution in [-0.2, 0) is 0 Å². The van der Waals surface area contributed by atoms with Crippen molar-refractivity contribution in [2.45, 2.75) is 18.9 Å². The molecule has 33 heavy (non-hydrogen) atoms. The Balaban J connectivity index is 1.39. The predicted molar refractivity (Wildman–Crippen MR) is 123 cm³/mol.